The maximum atomic E-state index is 11.8. The van der Waals surface area contributed by atoms with Gasteiger partial charge in [0.25, 0.3) is 0 Å². The quantitative estimate of drug-likeness (QED) is 0.874. The van der Waals surface area contributed by atoms with Crippen molar-refractivity contribution in [2.75, 3.05) is 16.9 Å². The van der Waals surface area contributed by atoms with Crippen molar-refractivity contribution in [3.8, 4) is 0 Å². The van der Waals surface area contributed by atoms with Crippen LogP contribution < -0.4 is 10.6 Å². The molecule has 0 radical (unpaired) electrons. The number of carbonyl (C=O) groups excluding carboxylic acids is 1. The van der Waals surface area contributed by atoms with Crippen molar-refractivity contribution in [3.05, 3.63) is 24.0 Å². The van der Waals surface area contributed by atoms with Crippen LogP contribution in [-0.2, 0) is 4.79 Å². The molecule has 4 nitrogen and oxygen atoms in total. The molecule has 1 saturated heterocycles. The lowest BCUT2D eigenvalue weighted by Crippen LogP contribution is -2.37. The third-order valence-corrected chi connectivity index (χ3v) is 3.25. The zero-order valence-corrected chi connectivity index (χ0v) is 11.8. The number of pyridine rings is 1. The van der Waals surface area contributed by atoms with Crippen LogP contribution >= 0.6 is 36.6 Å². The number of halogens is 2. The monoisotopic (exact) mass is 295 g/mol. The van der Waals surface area contributed by atoms with Crippen LogP contribution in [0.5, 0.6) is 0 Å². The number of thioether (sulfide) groups is 1. The van der Waals surface area contributed by atoms with Gasteiger partial charge < -0.3 is 5.32 Å². The Labute approximate surface area is 117 Å². The number of nitrogens with zero attached hydrogens (tertiary/aromatic N) is 1. The standard InChI is InChI=1S/C10H13N3OS.2ClH/c1-7-4-11-3-2-8(7)13-10(14)9-5-15-6-12-9;;/h2-4,9,12H,5-6H2,1H3,(H,11,13,14);2*1H. The molecule has 0 aromatic carbocycles. The number of aromatic nitrogens is 1. The Hall–Kier alpha value is -0.490. The fourth-order valence-corrected chi connectivity index (χ4v) is 2.34. The normalized spacial score (nSPS) is 17.8. The highest BCUT2D eigenvalue weighted by Gasteiger charge is 2.22. The van der Waals surface area contributed by atoms with E-state index in [0.717, 1.165) is 22.9 Å². The second-order valence-electron chi connectivity index (χ2n) is 3.45. The number of anilines is 1. The molecule has 1 fully saturated rings. The summed E-state index contributed by atoms with van der Waals surface area (Å²) in [6.45, 7) is 1.93. The van der Waals surface area contributed by atoms with E-state index in [2.05, 4.69) is 15.6 Å². The van der Waals surface area contributed by atoms with Crippen molar-refractivity contribution in [1.82, 2.24) is 10.3 Å². The summed E-state index contributed by atoms with van der Waals surface area (Å²) in [6, 6.07) is 1.75. The van der Waals surface area contributed by atoms with Crippen molar-refractivity contribution in [1.29, 1.82) is 0 Å². The van der Waals surface area contributed by atoms with E-state index in [-0.39, 0.29) is 36.8 Å². The number of hydrogen-bond acceptors (Lipinski definition) is 4. The molecule has 1 unspecified atom stereocenters. The van der Waals surface area contributed by atoms with Gasteiger partial charge in [-0.05, 0) is 18.6 Å². The topological polar surface area (TPSA) is 54.0 Å². The zero-order valence-electron chi connectivity index (χ0n) is 9.30. The fraction of sp³-hybridized carbons (Fsp3) is 0.400. The molecule has 2 heterocycles. The van der Waals surface area contributed by atoms with Crippen LogP contribution in [0.1, 0.15) is 5.56 Å². The maximum Gasteiger partial charge on any atom is 0.242 e. The molecular formula is C10H15Cl2N3OS. The number of hydrogen-bond donors (Lipinski definition) is 2. The van der Waals surface area contributed by atoms with Gasteiger partial charge in [-0.2, -0.15) is 0 Å². The van der Waals surface area contributed by atoms with Crippen LogP contribution in [-0.4, -0.2) is 28.6 Å². The third kappa shape index (κ3) is 4.35. The molecule has 1 aromatic rings. The van der Waals surface area contributed by atoms with Gasteiger partial charge in [-0.25, -0.2) is 0 Å². The Morgan fingerprint density at radius 3 is 2.94 bits per heavy atom. The first kappa shape index (κ1) is 16.5. The second-order valence-corrected chi connectivity index (χ2v) is 4.48. The van der Waals surface area contributed by atoms with Crippen molar-refractivity contribution in [3.63, 3.8) is 0 Å². The van der Waals surface area contributed by atoms with Gasteiger partial charge in [-0.15, -0.1) is 36.6 Å². The molecule has 96 valence electrons. The zero-order chi connectivity index (χ0) is 10.7. The van der Waals surface area contributed by atoms with E-state index in [1.54, 1.807) is 24.2 Å². The van der Waals surface area contributed by atoms with Crippen LogP contribution in [0.15, 0.2) is 18.5 Å². The van der Waals surface area contributed by atoms with Gasteiger partial charge in [0, 0.05) is 29.7 Å². The Bertz CT molecular complexity index is 372. The first-order chi connectivity index (χ1) is 7.27. The van der Waals surface area contributed by atoms with E-state index in [1.165, 1.54) is 0 Å². The molecule has 1 aliphatic heterocycles. The predicted molar refractivity (Wildman–Crippen MR) is 76.3 cm³/mol. The largest absolute Gasteiger partial charge is 0.324 e. The molecule has 0 saturated carbocycles. The van der Waals surface area contributed by atoms with Gasteiger partial charge in [-0.3, -0.25) is 15.1 Å². The summed E-state index contributed by atoms with van der Waals surface area (Å²) >= 11 is 1.74. The van der Waals surface area contributed by atoms with E-state index in [4.69, 9.17) is 0 Å². The Balaban J connectivity index is 0.00000128. The third-order valence-electron chi connectivity index (χ3n) is 2.31. The molecular weight excluding hydrogens is 281 g/mol. The Morgan fingerprint density at radius 1 is 1.59 bits per heavy atom. The van der Waals surface area contributed by atoms with Gasteiger partial charge in [0.15, 0.2) is 0 Å². The molecule has 17 heavy (non-hydrogen) atoms. The van der Waals surface area contributed by atoms with Crippen LogP contribution in [0.25, 0.3) is 0 Å². The van der Waals surface area contributed by atoms with E-state index >= 15 is 0 Å². The molecule has 1 aromatic heterocycles. The number of rotatable bonds is 2. The highest BCUT2D eigenvalue weighted by atomic mass is 35.5. The van der Waals surface area contributed by atoms with Crippen LogP contribution in [0.3, 0.4) is 0 Å². The molecule has 0 spiro atoms. The average molecular weight is 296 g/mol. The number of nitrogens with one attached hydrogen (secondary N) is 2. The smallest absolute Gasteiger partial charge is 0.242 e. The second kappa shape index (κ2) is 7.76. The van der Waals surface area contributed by atoms with Crippen LogP contribution in [0.4, 0.5) is 5.69 Å². The van der Waals surface area contributed by atoms with Crippen molar-refractivity contribution < 1.29 is 4.79 Å². The SMILES string of the molecule is Cc1cnccc1NC(=O)C1CSCN1.Cl.Cl. The number of aryl methyl sites for hydroxylation is 1. The summed E-state index contributed by atoms with van der Waals surface area (Å²) < 4.78 is 0. The molecule has 0 bridgehead atoms. The lowest BCUT2D eigenvalue weighted by atomic mass is 10.2. The first-order valence-electron chi connectivity index (χ1n) is 4.80. The van der Waals surface area contributed by atoms with Crippen LogP contribution in [0, 0.1) is 6.92 Å². The fourth-order valence-electron chi connectivity index (χ4n) is 1.40. The molecule has 1 atom stereocenters. The van der Waals surface area contributed by atoms with Gasteiger partial charge >= 0.3 is 0 Å². The van der Waals surface area contributed by atoms with Crippen molar-refractivity contribution in [2.45, 2.75) is 13.0 Å². The summed E-state index contributed by atoms with van der Waals surface area (Å²) in [7, 11) is 0. The summed E-state index contributed by atoms with van der Waals surface area (Å²) in [5.41, 5.74) is 1.82. The summed E-state index contributed by atoms with van der Waals surface area (Å²) in [4.78, 5) is 15.7. The van der Waals surface area contributed by atoms with E-state index < -0.39 is 0 Å². The van der Waals surface area contributed by atoms with Gasteiger partial charge in [-0.1, -0.05) is 0 Å². The Kier molecular flexibility index (Phi) is 7.54. The highest BCUT2D eigenvalue weighted by molar-refractivity contribution is 7.99. The first-order valence-corrected chi connectivity index (χ1v) is 5.95. The van der Waals surface area contributed by atoms with Gasteiger partial charge in [0.2, 0.25) is 5.91 Å². The molecule has 0 aliphatic carbocycles. The van der Waals surface area contributed by atoms with E-state index in [9.17, 15) is 4.79 Å². The summed E-state index contributed by atoms with van der Waals surface area (Å²) in [5, 5.41) is 6.03. The minimum Gasteiger partial charge on any atom is -0.324 e. The van der Waals surface area contributed by atoms with Crippen molar-refractivity contribution >= 4 is 48.2 Å². The molecule has 1 amide bonds. The number of amides is 1. The van der Waals surface area contributed by atoms with Crippen molar-refractivity contribution in [2.24, 2.45) is 0 Å². The summed E-state index contributed by atoms with van der Waals surface area (Å²) in [6.07, 6.45) is 3.42. The lowest BCUT2D eigenvalue weighted by molar-refractivity contribution is -0.117. The summed E-state index contributed by atoms with van der Waals surface area (Å²) in [5.74, 6) is 1.73. The minimum atomic E-state index is -0.0671. The minimum absolute atomic E-state index is 0. The van der Waals surface area contributed by atoms with E-state index in [0.29, 0.717) is 0 Å². The average Bonchev–Trinajstić information content (AvgIpc) is 2.74. The maximum absolute atomic E-state index is 11.8. The van der Waals surface area contributed by atoms with Gasteiger partial charge in [0.05, 0.1) is 6.04 Å². The van der Waals surface area contributed by atoms with Crippen LogP contribution in [0.2, 0.25) is 0 Å². The molecule has 2 N–H and O–H groups in total. The number of carbonyl (C=O) groups is 1. The van der Waals surface area contributed by atoms with E-state index in [1.807, 2.05) is 13.0 Å². The van der Waals surface area contributed by atoms with Gasteiger partial charge in [0.1, 0.15) is 0 Å². The molecule has 1 aliphatic rings. The lowest BCUT2D eigenvalue weighted by Gasteiger charge is -2.11. The highest BCUT2D eigenvalue weighted by Crippen LogP contribution is 2.15. The molecule has 7 heteroatoms. The predicted octanol–water partition coefficient (Wildman–Crippen LogP) is 1.83. The molecule has 2 rings (SSSR count). The Morgan fingerprint density at radius 2 is 2.35 bits per heavy atom.